The summed E-state index contributed by atoms with van der Waals surface area (Å²) in [6.07, 6.45) is 9.42. The van der Waals surface area contributed by atoms with Crippen LogP contribution in [0.4, 0.5) is 16.3 Å². The molecule has 12 heteroatoms. The van der Waals surface area contributed by atoms with E-state index < -0.39 is 6.10 Å². The molecule has 204 valence electrons. The first-order valence-corrected chi connectivity index (χ1v) is 13.5. The van der Waals surface area contributed by atoms with Crippen molar-refractivity contribution in [3.8, 4) is 5.75 Å². The summed E-state index contributed by atoms with van der Waals surface area (Å²) in [5.74, 6) is 1.62. The van der Waals surface area contributed by atoms with E-state index in [-0.39, 0.29) is 23.8 Å². The van der Waals surface area contributed by atoms with Crippen LogP contribution in [0.5, 0.6) is 5.75 Å². The quantitative estimate of drug-likeness (QED) is 0.352. The Kier molecular flexibility index (Phi) is 5.83. The molecule has 4 aromatic heterocycles. The molecular formula is C28H28N8O4. The molecule has 0 bridgehead atoms. The summed E-state index contributed by atoms with van der Waals surface area (Å²) in [6, 6.07) is 5.54. The number of pyridine rings is 1. The Morgan fingerprint density at radius 2 is 2.10 bits per heavy atom. The Hall–Kier alpha value is -4.61. The molecule has 1 N–H and O–H groups in total. The van der Waals surface area contributed by atoms with E-state index in [9.17, 15) is 9.59 Å². The molecule has 3 atom stereocenters. The number of anilines is 2. The molecule has 1 aliphatic heterocycles. The Labute approximate surface area is 229 Å². The molecule has 2 amide bonds. The number of aromatic nitrogens is 6. The van der Waals surface area contributed by atoms with Crippen molar-refractivity contribution in [2.24, 2.45) is 5.92 Å². The summed E-state index contributed by atoms with van der Waals surface area (Å²) >= 11 is 0. The molecule has 4 aromatic rings. The smallest absolute Gasteiger partial charge is 0.414 e. The molecule has 0 radical (unpaired) electrons. The molecule has 7 rings (SSSR count). The highest BCUT2D eigenvalue weighted by atomic mass is 16.6. The summed E-state index contributed by atoms with van der Waals surface area (Å²) in [6.45, 7) is 4.65. The molecule has 2 aliphatic carbocycles. The maximum Gasteiger partial charge on any atom is 0.414 e. The maximum atomic E-state index is 12.8. The highest BCUT2D eigenvalue weighted by molar-refractivity contribution is 5.95. The topological polar surface area (TPSA) is 137 Å². The number of carbonyl (C=O) groups excluding carboxylic acids is 2. The van der Waals surface area contributed by atoms with Crippen molar-refractivity contribution in [2.45, 2.75) is 51.0 Å². The van der Waals surface area contributed by atoms with Gasteiger partial charge >= 0.3 is 6.09 Å². The number of nitrogens with one attached hydrogen (secondary N) is 1. The first-order chi connectivity index (χ1) is 19.4. The Bertz CT molecular complexity index is 1630. The van der Waals surface area contributed by atoms with Crippen LogP contribution in [0.25, 0.3) is 5.65 Å². The zero-order valence-electron chi connectivity index (χ0n) is 22.1. The first kappa shape index (κ1) is 24.4. The number of carbonyl (C=O) groups is 2. The molecular weight excluding hydrogens is 512 g/mol. The monoisotopic (exact) mass is 540 g/mol. The molecule has 1 saturated heterocycles. The van der Waals surface area contributed by atoms with Crippen LogP contribution in [0.3, 0.4) is 0 Å². The SMILES string of the molecule is Cc1ccnc([C@H]2C[C@@H]2C(=O)Nc2cc(OC(C)c3cn4cc(C5CC5)cc(N5CCOC5=O)c4n3)cnn2)n1. The number of aryl methyl sites for hydroxylation is 1. The lowest BCUT2D eigenvalue weighted by molar-refractivity contribution is -0.117. The van der Waals surface area contributed by atoms with Crippen molar-refractivity contribution < 1.29 is 19.1 Å². The summed E-state index contributed by atoms with van der Waals surface area (Å²) in [7, 11) is 0. The fraction of sp³-hybridized carbons (Fsp3) is 0.393. The average molecular weight is 541 g/mol. The van der Waals surface area contributed by atoms with Gasteiger partial charge in [0.05, 0.1) is 24.1 Å². The molecule has 2 saturated carbocycles. The van der Waals surface area contributed by atoms with Crippen molar-refractivity contribution in [2.75, 3.05) is 23.4 Å². The Morgan fingerprint density at radius 1 is 1.23 bits per heavy atom. The van der Waals surface area contributed by atoms with Crippen LogP contribution in [-0.2, 0) is 9.53 Å². The molecule has 12 nitrogen and oxygen atoms in total. The van der Waals surface area contributed by atoms with Gasteiger partial charge in [0.15, 0.2) is 11.5 Å². The van der Waals surface area contributed by atoms with Crippen molar-refractivity contribution in [1.29, 1.82) is 0 Å². The fourth-order valence-corrected chi connectivity index (χ4v) is 5.14. The van der Waals surface area contributed by atoms with Crippen LogP contribution in [-0.4, -0.2) is 54.7 Å². The van der Waals surface area contributed by atoms with E-state index in [4.69, 9.17) is 14.5 Å². The molecule has 0 aromatic carbocycles. The number of rotatable bonds is 8. The highest BCUT2D eigenvalue weighted by Gasteiger charge is 2.46. The van der Waals surface area contributed by atoms with E-state index in [0.717, 1.165) is 24.2 Å². The van der Waals surface area contributed by atoms with Gasteiger partial charge < -0.3 is 19.2 Å². The lowest BCUT2D eigenvalue weighted by Crippen LogP contribution is -2.24. The fourth-order valence-electron chi connectivity index (χ4n) is 5.14. The van der Waals surface area contributed by atoms with E-state index in [2.05, 4.69) is 37.7 Å². The standard InChI is InChI=1S/C28H28N8O4/c1-15-5-6-29-25(31-15)20-11-21(20)27(37)33-24-10-19(12-30-34-24)40-16(2)22-14-35-13-18(17-3-4-17)9-23(26(35)32-22)36-7-8-39-28(36)38/h5-6,9-10,12-14,16-17,20-21H,3-4,7-8,11H2,1-2H3,(H,33,34,37)/t16?,20-,21-/m0/s1. The lowest BCUT2D eigenvalue weighted by Gasteiger charge is -2.15. The third-order valence-corrected chi connectivity index (χ3v) is 7.55. The maximum absolute atomic E-state index is 12.8. The molecule has 5 heterocycles. The average Bonchev–Trinajstić information content (AvgIpc) is 3.86. The third kappa shape index (κ3) is 4.69. The van der Waals surface area contributed by atoms with Crippen LogP contribution < -0.4 is 15.0 Å². The van der Waals surface area contributed by atoms with Gasteiger partial charge in [-0.1, -0.05) is 0 Å². The second kappa shape index (κ2) is 9.54. The highest BCUT2D eigenvalue weighted by Crippen LogP contribution is 2.46. The number of ether oxygens (including phenoxy) is 2. The number of cyclic esters (lactones) is 1. The van der Waals surface area contributed by atoms with Crippen LogP contribution in [0.15, 0.2) is 43.0 Å². The van der Waals surface area contributed by atoms with E-state index in [1.807, 2.05) is 30.5 Å². The minimum Gasteiger partial charge on any atom is -0.483 e. The number of imidazole rings is 1. The van der Waals surface area contributed by atoms with Gasteiger partial charge in [-0.2, -0.15) is 5.10 Å². The number of hydrogen-bond acceptors (Lipinski definition) is 9. The summed E-state index contributed by atoms with van der Waals surface area (Å²) < 4.78 is 13.3. The summed E-state index contributed by atoms with van der Waals surface area (Å²) in [5.41, 5.74) is 4.18. The summed E-state index contributed by atoms with van der Waals surface area (Å²) in [4.78, 5) is 40.4. The van der Waals surface area contributed by atoms with Gasteiger partial charge in [-0.05, 0) is 56.7 Å². The molecule has 3 aliphatic rings. The predicted molar refractivity (Wildman–Crippen MR) is 143 cm³/mol. The van der Waals surface area contributed by atoms with Gasteiger partial charge in [-0.15, -0.1) is 5.10 Å². The number of hydrogen-bond donors (Lipinski definition) is 1. The minimum atomic E-state index is -0.429. The largest absolute Gasteiger partial charge is 0.483 e. The van der Waals surface area contributed by atoms with E-state index in [0.29, 0.717) is 54.2 Å². The van der Waals surface area contributed by atoms with Crippen molar-refractivity contribution in [1.82, 2.24) is 29.5 Å². The number of amides is 2. The Morgan fingerprint density at radius 3 is 2.88 bits per heavy atom. The predicted octanol–water partition coefficient (Wildman–Crippen LogP) is 3.94. The molecule has 1 unspecified atom stereocenters. The molecule has 0 spiro atoms. The summed E-state index contributed by atoms with van der Waals surface area (Å²) in [5, 5.41) is 10.9. The second-order valence-corrected chi connectivity index (χ2v) is 10.6. The zero-order valence-corrected chi connectivity index (χ0v) is 22.1. The van der Waals surface area contributed by atoms with Crippen LogP contribution in [0.2, 0.25) is 0 Å². The van der Waals surface area contributed by atoms with E-state index in [1.54, 1.807) is 17.2 Å². The van der Waals surface area contributed by atoms with Gasteiger partial charge in [0, 0.05) is 42.2 Å². The van der Waals surface area contributed by atoms with Crippen molar-refractivity contribution >= 4 is 29.2 Å². The third-order valence-electron chi connectivity index (χ3n) is 7.55. The van der Waals surface area contributed by atoms with Gasteiger partial charge in [-0.25, -0.2) is 19.7 Å². The van der Waals surface area contributed by atoms with Gasteiger partial charge in [0.2, 0.25) is 5.91 Å². The number of fused-ring (bicyclic) bond motifs is 1. The van der Waals surface area contributed by atoms with Gasteiger partial charge in [0.1, 0.15) is 24.3 Å². The van der Waals surface area contributed by atoms with Crippen LogP contribution in [0.1, 0.15) is 66.9 Å². The Balaban J connectivity index is 1.07. The van der Waals surface area contributed by atoms with Crippen LogP contribution in [0, 0.1) is 12.8 Å². The second-order valence-electron chi connectivity index (χ2n) is 10.6. The van der Waals surface area contributed by atoms with Crippen LogP contribution >= 0.6 is 0 Å². The van der Waals surface area contributed by atoms with Crippen molar-refractivity contribution in [3.63, 3.8) is 0 Å². The van der Waals surface area contributed by atoms with E-state index >= 15 is 0 Å². The van der Waals surface area contributed by atoms with Gasteiger partial charge in [0.25, 0.3) is 0 Å². The van der Waals surface area contributed by atoms with Crippen molar-refractivity contribution in [3.05, 3.63) is 65.8 Å². The normalized spacial score (nSPS) is 20.9. The lowest BCUT2D eigenvalue weighted by atomic mass is 10.1. The van der Waals surface area contributed by atoms with Gasteiger partial charge in [-0.3, -0.25) is 9.69 Å². The number of nitrogens with zero attached hydrogens (tertiary/aromatic N) is 7. The molecule has 40 heavy (non-hydrogen) atoms. The first-order valence-electron chi connectivity index (χ1n) is 13.5. The minimum absolute atomic E-state index is 0.00935. The zero-order chi connectivity index (χ0) is 27.4. The van der Waals surface area contributed by atoms with E-state index in [1.165, 1.54) is 11.8 Å². The molecule has 3 fully saturated rings.